The lowest BCUT2D eigenvalue weighted by molar-refractivity contribution is -0.139. The highest BCUT2D eigenvalue weighted by Crippen LogP contribution is 2.44. The van der Waals surface area contributed by atoms with E-state index in [1.807, 2.05) is 36.4 Å². The summed E-state index contributed by atoms with van der Waals surface area (Å²) in [4.78, 5) is 11.7. The number of halogens is 3. The third kappa shape index (κ3) is 3.58. The number of nitrogens with one attached hydrogen (secondary N) is 1. The molecule has 1 aliphatic carbocycles. The number of ether oxygens (including phenoxy) is 1. The molecule has 0 bridgehead atoms. The second-order valence-electron chi connectivity index (χ2n) is 7.65. The number of fused-ring (bicyclic) bond motifs is 3. The summed E-state index contributed by atoms with van der Waals surface area (Å²) in [5, 5.41) is 2.51. The summed E-state index contributed by atoms with van der Waals surface area (Å²) in [5.74, 6) is -0.813. The van der Waals surface area contributed by atoms with E-state index in [2.05, 4.69) is 17.4 Å². The highest BCUT2D eigenvalue weighted by molar-refractivity contribution is 5.98. The third-order valence-electron chi connectivity index (χ3n) is 5.63. The van der Waals surface area contributed by atoms with Gasteiger partial charge < -0.3 is 10.1 Å². The first-order chi connectivity index (χ1) is 14.9. The smallest absolute Gasteiger partial charge is 0.420 e. The molecule has 0 spiro atoms. The molecule has 0 saturated heterocycles. The van der Waals surface area contributed by atoms with Crippen molar-refractivity contribution < 1.29 is 22.7 Å². The number of anilines is 1. The largest absolute Gasteiger partial charge is 0.481 e. The molecular formula is C25H18F3NO2. The number of hydrogen-bond donors (Lipinski definition) is 1. The number of aryl methyl sites for hydroxylation is 2. The zero-order valence-corrected chi connectivity index (χ0v) is 16.4. The van der Waals surface area contributed by atoms with Crippen LogP contribution in [-0.4, -0.2) is 12.5 Å². The van der Waals surface area contributed by atoms with Gasteiger partial charge in [-0.15, -0.1) is 0 Å². The van der Waals surface area contributed by atoms with E-state index in [1.165, 1.54) is 6.07 Å². The second kappa shape index (κ2) is 7.30. The molecule has 0 fully saturated rings. The number of hydrogen-bond acceptors (Lipinski definition) is 2. The minimum Gasteiger partial charge on any atom is -0.481 e. The highest BCUT2D eigenvalue weighted by Gasteiger charge is 2.37. The van der Waals surface area contributed by atoms with Crippen LogP contribution in [-0.2, 0) is 23.8 Å². The number of alkyl halides is 3. The Balaban J connectivity index is 1.75. The van der Waals surface area contributed by atoms with Gasteiger partial charge in [-0.3, -0.25) is 4.79 Å². The molecule has 0 saturated carbocycles. The molecule has 3 aromatic rings. The maximum atomic E-state index is 13.8. The summed E-state index contributed by atoms with van der Waals surface area (Å²) in [6.07, 6.45) is -1.14. The van der Waals surface area contributed by atoms with Crippen LogP contribution in [0.4, 0.5) is 18.9 Å². The van der Waals surface area contributed by atoms with Gasteiger partial charge in [0.1, 0.15) is 5.56 Å². The Morgan fingerprint density at radius 2 is 1.52 bits per heavy atom. The fourth-order valence-corrected chi connectivity index (χ4v) is 4.26. The van der Waals surface area contributed by atoms with Crippen molar-refractivity contribution in [3.63, 3.8) is 0 Å². The van der Waals surface area contributed by atoms with Crippen LogP contribution in [0.5, 0.6) is 5.75 Å². The monoisotopic (exact) mass is 421 g/mol. The first-order valence-corrected chi connectivity index (χ1v) is 9.96. The molecule has 0 atom stereocenters. The highest BCUT2D eigenvalue weighted by atomic mass is 19.4. The van der Waals surface area contributed by atoms with Crippen molar-refractivity contribution in [2.24, 2.45) is 0 Å². The number of carbonyl (C=O) groups excluding carboxylic acids is 1. The van der Waals surface area contributed by atoms with E-state index in [1.54, 1.807) is 6.08 Å². The lowest BCUT2D eigenvalue weighted by Gasteiger charge is -2.23. The van der Waals surface area contributed by atoms with E-state index in [-0.39, 0.29) is 11.4 Å². The van der Waals surface area contributed by atoms with Gasteiger partial charge in [0.15, 0.2) is 12.4 Å². The van der Waals surface area contributed by atoms with E-state index in [9.17, 15) is 18.0 Å². The van der Waals surface area contributed by atoms with Gasteiger partial charge in [0.05, 0.1) is 5.69 Å². The van der Waals surface area contributed by atoms with E-state index >= 15 is 0 Å². The van der Waals surface area contributed by atoms with Crippen molar-refractivity contribution >= 4 is 23.2 Å². The first kappa shape index (κ1) is 19.4. The average Bonchev–Trinajstić information content (AvgIpc) is 2.90. The predicted molar refractivity (Wildman–Crippen MR) is 113 cm³/mol. The molecule has 0 aromatic heterocycles. The Labute approximate surface area is 177 Å². The maximum Gasteiger partial charge on any atom is 0.420 e. The Kier molecular flexibility index (Phi) is 4.58. The summed E-state index contributed by atoms with van der Waals surface area (Å²) in [6, 6.07) is 18.5. The van der Waals surface area contributed by atoms with Crippen molar-refractivity contribution in [2.75, 3.05) is 11.9 Å². The first-order valence-electron chi connectivity index (χ1n) is 9.96. The predicted octanol–water partition coefficient (Wildman–Crippen LogP) is 5.72. The van der Waals surface area contributed by atoms with Gasteiger partial charge in [0.25, 0.3) is 5.91 Å². The molecule has 6 heteroatoms. The number of benzene rings is 3. The van der Waals surface area contributed by atoms with Crippen molar-refractivity contribution in [3.05, 3.63) is 94.0 Å². The molecule has 156 valence electrons. The van der Waals surface area contributed by atoms with Gasteiger partial charge in [0, 0.05) is 0 Å². The molecule has 3 nitrogen and oxygen atoms in total. The molecule has 31 heavy (non-hydrogen) atoms. The van der Waals surface area contributed by atoms with Gasteiger partial charge in [-0.05, 0) is 64.4 Å². The lowest BCUT2D eigenvalue weighted by Crippen LogP contribution is -2.27. The summed E-state index contributed by atoms with van der Waals surface area (Å²) >= 11 is 0. The van der Waals surface area contributed by atoms with Gasteiger partial charge >= 0.3 is 6.18 Å². The third-order valence-corrected chi connectivity index (χ3v) is 5.63. The minimum atomic E-state index is -4.61. The number of rotatable bonds is 1. The van der Waals surface area contributed by atoms with Gasteiger partial charge in [0.2, 0.25) is 0 Å². The Morgan fingerprint density at radius 3 is 2.13 bits per heavy atom. The van der Waals surface area contributed by atoms with Crippen LogP contribution in [0.25, 0.3) is 11.6 Å². The molecule has 0 radical (unpaired) electrons. The Hall–Kier alpha value is -3.54. The quantitative estimate of drug-likeness (QED) is 0.546. The number of carbonyl (C=O) groups is 1. The van der Waals surface area contributed by atoms with E-state index in [0.29, 0.717) is 5.56 Å². The topological polar surface area (TPSA) is 38.3 Å². The molecule has 2 aliphatic rings. The normalized spacial score (nSPS) is 15.1. The van der Waals surface area contributed by atoms with Crippen LogP contribution in [0.1, 0.15) is 33.4 Å². The standard InChI is InChI=1S/C25H18F3NO2/c26-25(27,28)21-12-15(13-22-24(21)31-14-23(30)29-22)11-20-18-7-3-1-5-16(18)9-10-17-6-2-4-8-19(17)20/h1-8,11-13H,9-10,14H2,(H,29,30). The fraction of sp³-hybridized carbons (Fsp3) is 0.160. The van der Waals surface area contributed by atoms with Crippen molar-refractivity contribution in [3.8, 4) is 5.75 Å². The molecule has 5 rings (SSSR count). The van der Waals surface area contributed by atoms with Gasteiger partial charge in [-0.1, -0.05) is 48.5 Å². The van der Waals surface area contributed by atoms with Crippen LogP contribution < -0.4 is 10.1 Å². The average molecular weight is 421 g/mol. The summed E-state index contributed by atoms with van der Waals surface area (Å²) in [6.45, 7) is -0.433. The Morgan fingerprint density at radius 1 is 0.903 bits per heavy atom. The number of amides is 1. The van der Waals surface area contributed by atoms with Gasteiger partial charge in [-0.2, -0.15) is 13.2 Å². The van der Waals surface area contributed by atoms with Crippen LogP contribution in [0.3, 0.4) is 0 Å². The lowest BCUT2D eigenvalue weighted by atomic mass is 9.92. The van der Waals surface area contributed by atoms with E-state index < -0.39 is 24.3 Å². The summed E-state index contributed by atoms with van der Waals surface area (Å²) in [7, 11) is 0. The van der Waals surface area contributed by atoms with E-state index in [4.69, 9.17) is 4.74 Å². The van der Waals surface area contributed by atoms with Crippen LogP contribution in [0, 0.1) is 0 Å². The van der Waals surface area contributed by atoms with Crippen LogP contribution >= 0.6 is 0 Å². The molecule has 1 aliphatic heterocycles. The Bertz CT molecular complexity index is 1180. The van der Waals surface area contributed by atoms with Crippen LogP contribution in [0.15, 0.2) is 60.7 Å². The maximum absolute atomic E-state index is 13.8. The summed E-state index contributed by atoms with van der Waals surface area (Å²) in [5.41, 5.74) is 4.64. The van der Waals surface area contributed by atoms with Crippen molar-refractivity contribution in [1.29, 1.82) is 0 Å². The fourth-order valence-electron chi connectivity index (χ4n) is 4.26. The van der Waals surface area contributed by atoms with E-state index in [0.717, 1.165) is 46.7 Å². The van der Waals surface area contributed by atoms with Crippen LogP contribution in [0.2, 0.25) is 0 Å². The molecule has 1 N–H and O–H groups in total. The van der Waals surface area contributed by atoms with Crippen molar-refractivity contribution in [2.45, 2.75) is 19.0 Å². The SMILES string of the molecule is O=C1COc2c(cc(C=C3c4ccccc4CCc4ccccc43)cc2C(F)(F)F)N1. The minimum absolute atomic E-state index is 0.0353. The molecule has 3 aromatic carbocycles. The second-order valence-corrected chi connectivity index (χ2v) is 7.65. The summed E-state index contributed by atoms with van der Waals surface area (Å²) < 4.78 is 46.4. The zero-order valence-electron chi connectivity index (χ0n) is 16.4. The molecule has 0 unspecified atom stereocenters. The van der Waals surface area contributed by atoms with Gasteiger partial charge in [-0.25, -0.2) is 0 Å². The zero-order chi connectivity index (χ0) is 21.6. The van der Waals surface area contributed by atoms with Crippen molar-refractivity contribution in [1.82, 2.24) is 0 Å². The molecular weight excluding hydrogens is 403 g/mol. The molecule has 1 amide bonds. The molecule has 1 heterocycles.